The maximum Gasteiger partial charge on any atom is 0.341 e. The van der Waals surface area contributed by atoms with Crippen LogP contribution in [-0.2, 0) is 19.4 Å². The van der Waals surface area contributed by atoms with Gasteiger partial charge in [0.25, 0.3) is 0 Å². The van der Waals surface area contributed by atoms with E-state index >= 15 is 0 Å². The number of hydrogen-bond acceptors (Lipinski definition) is 6. The highest BCUT2D eigenvalue weighted by atomic mass is 32.2. The van der Waals surface area contributed by atoms with Crippen molar-refractivity contribution in [3.05, 3.63) is 23.8 Å². The molecule has 2 rings (SSSR count). The maximum atomic E-state index is 12.4. The summed E-state index contributed by atoms with van der Waals surface area (Å²) in [6, 6.07) is 4.13. The number of hydrogen-bond donors (Lipinski definition) is 0. The molecule has 1 aliphatic heterocycles. The van der Waals surface area contributed by atoms with Gasteiger partial charge in [-0.3, -0.25) is 4.79 Å². The maximum absolute atomic E-state index is 12.4. The number of ether oxygens (including phenoxy) is 2. The molecule has 0 N–H and O–H groups in total. The first-order valence-corrected chi connectivity index (χ1v) is 12.2. The van der Waals surface area contributed by atoms with E-state index in [9.17, 15) is 18.0 Å². The quantitative estimate of drug-likeness (QED) is 0.647. The van der Waals surface area contributed by atoms with Gasteiger partial charge >= 0.3 is 5.97 Å². The smallest absolute Gasteiger partial charge is 0.341 e. The molecule has 8 heteroatoms. The molecule has 1 amide bonds. The molecule has 0 atom stereocenters. The zero-order valence-corrected chi connectivity index (χ0v) is 20.0. The molecular formula is C22H35NO6S. The lowest BCUT2D eigenvalue weighted by Crippen LogP contribution is -2.42. The number of nitrogens with zero attached hydrogens (tertiary/aromatic N) is 1. The topological polar surface area (TPSA) is 90.0 Å². The standard InChI is InChI=1S/C20H29NO6S.C2H6/c1-20(2,3)13-18(22)21-10-8-14(9-11-21)27-17-12-15(28(5,24)25)6-7-16(17)19(23)26-4;1-2/h6-7,12,14H,8-11,13H2,1-5H3;1-2H3. The van der Waals surface area contributed by atoms with Crippen molar-refractivity contribution < 1.29 is 27.5 Å². The van der Waals surface area contributed by atoms with Crippen LogP contribution in [0.4, 0.5) is 0 Å². The third-order valence-corrected chi connectivity index (χ3v) is 5.67. The third-order valence-electron chi connectivity index (χ3n) is 4.56. The van der Waals surface area contributed by atoms with Crippen molar-refractivity contribution in [3.63, 3.8) is 0 Å². The second-order valence-corrected chi connectivity index (χ2v) is 10.4. The molecule has 1 aromatic carbocycles. The van der Waals surface area contributed by atoms with Crippen molar-refractivity contribution in [1.29, 1.82) is 0 Å². The summed E-state index contributed by atoms with van der Waals surface area (Å²) >= 11 is 0. The van der Waals surface area contributed by atoms with E-state index in [1.54, 1.807) is 0 Å². The number of carbonyl (C=O) groups excluding carboxylic acids is 2. The van der Waals surface area contributed by atoms with Crippen LogP contribution in [0.2, 0.25) is 0 Å². The SMILES string of the molecule is CC.COC(=O)c1ccc(S(C)(=O)=O)cc1OC1CCN(C(=O)CC(C)(C)C)CC1. The van der Waals surface area contributed by atoms with Crippen molar-refractivity contribution in [2.24, 2.45) is 5.41 Å². The minimum absolute atomic E-state index is 0.0636. The number of sulfone groups is 1. The van der Waals surface area contributed by atoms with E-state index in [0.29, 0.717) is 32.4 Å². The van der Waals surface area contributed by atoms with Gasteiger partial charge in [-0.1, -0.05) is 34.6 Å². The molecule has 0 bridgehead atoms. The van der Waals surface area contributed by atoms with Gasteiger partial charge in [0.2, 0.25) is 5.91 Å². The zero-order valence-electron chi connectivity index (χ0n) is 19.1. The van der Waals surface area contributed by atoms with Crippen LogP contribution in [0.15, 0.2) is 23.1 Å². The molecule has 0 radical (unpaired) electrons. The van der Waals surface area contributed by atoms with Gasteiger partial charge in [0, 0.05) is 38.6 Å². The van der Waals surface area contributed by atoms with Crippen LogP contribution in [0.3, 0.4) is 0 Å². The summed E-state index contributed by atoms with van der Waals surface area (Å²) in [6.07, 6.45) is 2.60. The molecule has 1 fully saturated rings. The number of methoxy groups -OCH3 is 1. The lowest BCUT2D eigenvalue weighted by atomic mass is 9.91. The van der Waals surface area contributed by atoms with Crippen LogP contribution < -0.4 is 4.74 Å². The molecule has 0 aromatic heterocycles. The fraction of sp³-hybridized carbons (Fsp3) is 0.636. The Hall–Kier alpha value is -2.09. The Labute approximate surface area is 180 Å². The minimum Gasteiger partial charge on any atom is -0.489 e. The predicted molar refractivity (Wildman–Crippen MR) is 117 cm³/mol. The molecule has 1 aromatic rings. The summed E-state index contributed by atoms with van der Waals surface area (Å²) < 4.78 is 34.4. The number of piperidine rings is 1. The van der Waals surface area contributed by atoms with Crippen molar-refractivity contribution in [2.45, 2.75) is 64.9 Å². The van der Waals surface area contributed by atoms with Crippen LogP contribution in [0.5, 0.6) is 5.75 Å². The molecule has 0 unspecified atom stereocenters. The van der Waals surface area contributed by atoms with Gasteiger partial charge in [-0.2, -0.15) is 0 Å². The van der Waals surface area contributed by atoms with E-state index in [4.69, 9.17) is 9.47 Å². The monoisotopic (exact) mass is 441 g/mol. The summed E-state index contributed by atoms with van der Waals surface area (Å²) in [5.41, 5.74) is 0.118. The van der Waals surface area contributed by atoms with E-state index in [1.165, 1.54) is 25.3 Å². The van der Waals surface area contributed by atoms with Gasteiger partial charge in [0.15, 0.2) is 9.84 Å². The Morgan fingerprint density at radius 2 is 1.70 bits per heavy atom. The van der Waals surface area contributed by atoms with Crippen molar-refractivity contribution in [1.82, 2.24) is 4.90 Å². The molecule has 0 saturated carbocycles. The molecule has 0 spiro atoms. The molecular weight excluding hydrogens is 406 g/mol. The Morgan fingerprint density at radius 1 is 1.13 bits per heavy atom. The second-order valence-electron chi connectivity index (χ2n) is 8.36. The Morgan fingerprint density at radius 3 is 2.17 bits per heavy atom. The van der Waals surface area contributed by atoms with Gasteiger partial charge in [-0.05, 0) is 23.6 Å². The molecule has 1 aliphatic rings. The van der Waals surface area contributed by atoms with Gasteiger partial charge in [-0.25, -0.2) is 13.2 Å². The molecule has 1 heterocycles. The molecule has 170 valence electrons. The largest absolute Gasteiger partial charge is 0.489 e. The molecule has 0 aliphatic carbocycles. The van der Waals surface area contributed by atoms with Crippen molar-refractivity contribution in [3.8, 4) is 5.75 Å². The van der Waals surface area contributed by atoms with Gasteiger partial charge in [0.05, 0.1) is 12.0 Å². The summed E-state index contributed by atoms with van der Waals surface area (Å²) in [6.45, 7) is 11.2. The normalized spacial score (nSPS) is 15.1. The van der Waals surface area contributed by atoms with Crippen LogP contribution in [0, 0.1) is 5.41 Å². The number of likely N-dealkylation sites (tertiary alicyclic amines) is 1. The highest BCUT2D eigenvalue weighted by Crippen LogP contribution is 2.28. The van der Waals surface area contributed by atoms with Gasteiger partial charge in [-0.15, -0.1) is 0 Å². The summed E-state index contributed by atoms with van der Waals surface area (Å²) in [5.74, 6) is -0.276. The fourth-order valence-corrected chi connectivity index (χ4v) is 3.71. The highest BCUT2D eigenvalue weighted by Gasteiger charge is 2.28. The number of benzene rings is 1. The summed E-state index contributed by atoms with van der Waals surface area (Å²) in [4.78, 5) is 26.3. The first kappa shape index (κ1) is 25.9. The summed E-state index contributed by atoms with van der Waals surface area (Å²) in [7, 11) is -2.18. The van der Waals surface area contributed by atoms with E-state index in [-0.39, 0.29) is 33.6 Å². The average molecular weight is 442 g/mol. The van der Waals surface area contributed by atoms with Crippen molar-refractivity contribution >= 4 is 21.7 Å². The van der Waals surface area contributed by atoms with E-state index in [2.05, 4.69) is 0 Å². The number of esters is 1. The average Bonchev–Trinajstić information content (AvgIpc) is 2.67. The molecule has 30 heavy (non-hydrogen) atoms. The van der Waals surface area contributed by atoms with E-state index < -0.39 is 15.8 Å². The highest BCUT2D eigenvalue weighted by molar-refractivity contribution is 7.90. The van der Waals surface area contributed by atoms with Crippen LogP contribution in [-0.4, -0.2) is 57.8 Å². The number of amides is 1. The van der Waals surface area contributed by atoms with E-state index in [0.717, 1.165) is 6.26 Å². The number of rotatable bonds is 5. The fourth-order valence-electron chi connectivity index (χ4n) is 3.08. The molecule has 7 nitrogen and oxygen atoms in total. The van der Waals surface area contributed by atoms with Gasteiger partial charge in [0.1, 0.15) is 17.4 Å². The minimum atomic E-state index is -3.44. The first-order valence-electron chi connectivity index (χ1n) is 10.3. The summed E-state index contributed by atoms with van der Waals surface area (Å²) in [5, 5.41) is 0. The first-order chi connectivity index (χ1) is 13.9. The Bertz CT molecular complexity index is 834. The lowest BCUT2D eigenvalue weighted by Gasteiger charge is -2.34. The van der Waals surface area contributed by atoms with Gasteiger partial charge < -0.3 is 14.4 Å². The van der Waals surface area contributed by atoms with E-state index in [1.807, 2.05) is 39.5 Å². The number of carbonyl (C=O) groups is 2. The third kappa shape index (κ3) is 7.63. The molecule has 1 saturated heterocycles. The Balaban J connectivity index is 0.00000218. The van der Waals surface area contributed by atoms with Crippen molar-refractivity contribution in [2.75, 3.05) is 26.5 Å². The zero-order chi connectivity index (χ0) is 23.1. The predicted octanol–water partition coefficient (Wildman–Crippen LogP) is 3.71. The second kappa shape index (κ2) is 10.8. The van der Waals surface area contributed by atoms with Crippen LogP contribution in [0.1, 0.15) is 64.2 Å². The van der Waals surface area contributed by atoms with Crippen LogP contribution in [0.25, 0.3) is 0 Å². The Kier molecular flexibility index (Phi) is 9.34. The van der Waals surface area contributed by atoms with Crippen LogP contribution >= 0.6 is 0 Å². The lowest BCUT2D eigenvalue weighted by molar-refractivity contribution is -0.134.